The highest BCUT2D eigenvalue weighted by atomic mass is 16.8. The number of Topliss-reactive ketones (excluding diaryl/α,β-unsaturated/α-hetero) is 1. The molecule has 2 aliphatic rings. The molecule has 0 spiro atoms. The minimum absolute atomic E-state index is 0.0352. The van der Waals surface area contributed by atoms with Crippen molar-refractivity contribution in [3.05, 3.63) is 46.8 Å². The Morgan fingerprint density at radius 2 is 1.68 bits per heavy atom. The Hall–Kier alpha value is -3.40. The second kappa shape index (κ2) is 9.46. The number of amides is 1. The summed E-state index contributed by atoms with van der Waals surface area (Å²) in [4.78, 5) is 46.0. The highest BCUT2D eigenvalue weighted by molar-refractivity contribution is 5.95. The van der Waals surface area contributed by atoms with Crippen LogP contribution in [-0.4, -0.2) is 71.3 Å². The summed E-state index contributed by atoms with van der Waals surface area (Å²) in [5.74, 6) is 0.472. The van der Waals surface area contributed by atoms with Crippen molar-refractivity contribution in [1.29, 1.82) is 0 Å². The first-order chi connectivity index (χ1) is 16.1. The van der Waals surface area contributed by atoms with Crippen molar-refractivity contribution in [2.24, 2.45) is 0 Å². The largest absolute Gasteiger partial charge is 0.528 e. The van der Waals surface area contributed by atoms with Gasteiger partial charge in [0.05, 0.1) is 6.54 Å². The fraction of sp³-hybridized carbons (Fsp3) is 0.500. The average molecular weight is 471 g/mol. The van der Waals surface area contributed by atoms with Gasteiger partial charge in [-0.25, -0.2) is 4.79 Å². The standard InChI is InChI=1S/C24H30N4O6/c1-16(29)17-5-7-18(8-6-17)26-11-13-27(14-12-26)22(30)21-19-15-28(10-9-20(19)33-25-21)34-23(31)32-24(2,3)4/h5-8H,9-15H2,1-4H3. The van der Waals surface area contributed by atoms with Crippen LogP contribution in [0.4, 0.5) is 10.5 Å². The van der Waals surface area contributed by atoms with Gasteiger partial charge in [0.1, 0.15) is 11.4 Å². The number of anilines is 1. The van der Waals surface area contributed by atoms with Crippen molar-refractivity contribution < 1.29 is 28.5 Å². The van der Waals surface area contributed by atoms with Crippen molar-refractivity contribution in [3.63, 3.8) is 0 Å². The molecule has 2 aromatic rings. The van der Waals surface area contributed by atoms with E-state index in [-0.39, 0.29) is 23.9 Å². The average Bonchev–Trinajstić information content (AvgIpc) is 3.20. The quantitative estimate of drug-likeness (QED) is 0.492. The van der Waals surface area contributed by atoms with Crippen molar-refractivity contribution in [3.8, 4) is 0 Å². The molecule has 0 radical (unpaired) electrons. The maximum atomic E-state index is 13.2. The van der Waals surface area contributed by atoms with Crippen molar-refractivity contribution >= 4 is 23.5 Å². The second-order valence-corrected chi connectivity index (χ2v) is 9.48. The molecule has 0 saturated carbocycles. The first-order valence-corrected chi connectivity index (χ1v) is 11.4. The lowest BCUT2D eigenvalue weighted by Crippen LogP contribution is -2.49. The van der Waals surface area contributed by atoms with Crippen LogP contribution in [0.1, 0.15) is 59.9 Å². The van der Waals surface area contributed by atoms with Crippen LogP contribution in [0.25, 0.3) is 0 Å². The van der Waals surface area contributed by atoms with E-state index < -0.39 is 11.8 Å². The molecule has 3 heterocycles. The zero-order chi connectivity index (χ0) is 24.5. The molecule has 10 heteroatoms. The normalized spacial score (nSPS) is 16.7. The molecule has 34 heavy (non-hydrogen) atoms. The molecule has 1 aromatic carbocycles. The lowest BCUT2D eigenvalue weighted by atomic mass is 10.1. The number of carbonyl (C=O) groups is 3. The molecule has 10 nitrogen and oxygen atoms in total. The minimum atomic E-state index is -0.785. The maximum Gasteiger partial charge on any atom is 0.528 e. The number of benzene rings is 1. The van der Waals surface area contributed by atoms with Crippen LogP contribution < -0.4 is 4.90 Å². The SMILES string of the molecule is CC(=O)c1ccc(N2CCN(C(=O)c3noc4c3CN(OC(=O)OC(C)(C)C)CC4)CC2)cc1. The fourth-order valence-electron chi connectivity index (χ4n) is 4.03. The molecule has 0 aliphatic carbocycles. The van der Waals surface area contributed by atoms with Crippen LogP contribution in [-0.2, 0) is 22.5 Å². The predicted octanol–water partition coefficient (Wildman–Crippen LogP) is 3.06. The van der Waals surface area contributed by atoms with Crippen LogP contribution >= 0.6 is 0 Å². The smallest absolute Gasteiger partial charge is 0.427 e. The molecular weight excluding hydrogens is 440 g/mol. The Morgan fingerprint density at radius 3 is 2.29 bits per heavy atom. The Labute approximate surface area is 198 Å². The number of aromatic nitrogens is 1. The monoisotopic (exact) mass is 470 g/mol. The number of ether oxygens (including phenoxy) is 1. The Morgan fingerprint density at radius 1 is 1.00 bits per heavy atom. The zero-order valence-electron chi connectivity index (χ0n) is 20.0. The van der Waals surface area contributed by atoms with Crippen LogP contribution in [0.2, 0.25) is 0 Å². The molecule has 1 fully saturated rings. The van der Waals surface area contributed by atoms with Crippen LogP contribution in [0.15, 0.2) is 28.8 Å². The summed E-state index contributed by atoms with van der Waals surface area (Å²) in [6, 6.07) is 7.51. The molecule has 0 unspecified atom stereocenters. The van der Waals surface area contributed by atoms with E-state index in [0.717, 1.165) is 5.69 Å². The number of carbonyl (C=O) groups excluding carboxylic acids is 3. The van der Waals surface area contributed by atoms with Gasteiger partial charge in [-0.1, -0.05) is 5.16 Å². The van der Waals surface area contributed by atoms with E-state index >= 15 is 0 Å². The second-order valence-electron chi connectivity index (χ2n) is 9.48. The Kier molecular flexibility index (Phi) is 6.60. The van der Waals surface area contributed by atoms with E-state index in [0.29, 0.717) is 56.0 Å². The fourth-order valence-corrected chi connectivity index (χ4v) is 4.03. The molecular formula is C24H30N4O6. The minimum Gasteiger partial charge on any atom is -0.427 e. The summed E-state index contributed by atoms with van der Waals surface area (Å²) in [5.41, 5.74) is 1.94. The topological polar surface area (TPSA) is 105 Å². The maximum absolute atomic E-state index is 13.2. The van der Waals surface area contributed by atoms with E-state index in [1.807, 2.05) is 24.3 Å². The van der Waals surface area contributed by atoms with Gasteiger partial charge in [-0.15, -0.1) is 5.06 Å². The first kappa shape index (κ1) is 23.7. The van der Waals surface area contributed by atoms with E-state index in [1.165, 1.54) is 5.06 Å². The molecule has 182 valence electrons. The van der Waals surface area contributed by atoms with Gasteiger partial charge in [0, 0.05) is 56.0 Å². The van der Waals surface area contributed by atoms with Gasteiger partial charge in [0.2, 0.25) is 0 Å². The number of ketones is 1. The third-order valence-electron chi connectivity index (χ3n) is 5.79. The predicted molar refractivity (Wildman–Crippen MR) is 122 cm³/mol. The molecule has 0 bridgehead atoms. The van der Waals surface area contributed by atoms with E-state index in [1.54, 1.807) is 32.6 Å². The molecule has 1 saturated heterocycles. The van der Waals surface area contributed by atoms with Gasteiger partial charge in [-0.2, -0.15) is 0 Å². The van der Waals surface area contributed by atoms with Gasteiger partial charge >= 0.3 is 6.16 Å². The number of piperazine rings is 1. The molecule has 0 atom stereocenters. The van der Waals surface area contributed by atoms with Gasteiger partial charge in [0.25, 0.3) is 5.91 Å². The highest BCUT2D eigenvalue weighted by Gasteiger charge is 2.33. The van der Waals surface area contributed by atoms with Gasteiger partial charge in [-0.3, -0.25) is 9.59 Å². The van der Waals surface area contributed by atoms with E-state index in [2.05, 4.69) is 10.1 Å². The summed E-state index contributed by atoms with van der Waals surface area (Å²) in [6.07, 6.45) is -0.310. The van der Waals surface area contributed by atoms with E-state index in [4.69, 9.17) is 14.1 Å². The lowest BCUT2D eigenvalue weighted by Gasteiger charge is -2.36. The van der Waals surface area contributed by atoms with Crippen LogP contribution in [0.3, 0.4) is 0 Å². The number of hydrogen-bond donors (Lipinski definition) is 0. The third-order valence-corrected chi connectivity index (χ3v) is 5.79. The number of nitrogens with zero attached hydrogens (tertiary/aromatic N) is 4. The van der Waals surface area contributed by atoms with Gasteiger partial charge in [0.15, 0.2) is 11.5 Å². The number of hydroxylamine groups is 2. The van der Waals surface area contributed by atoms with Crippen molar-refractivity contribution in [2.75, 3.05) is 37.6 Å². The van der Waals surface area contributed by atoms with Gasteiger partial charge in [-0.05, 0) is 52.0 Å². The molecule has 1 aromatic heterocycles. The Balaban J connectivity index is 1.36. The summed E-state index contributed by atoms with van der Waals surface area (Å²) < 4.78 is 10.6. The molecule has 4 rings (SSSR count). The first-order valence-electron chi connectivity index (χ1n) is 11.4. The summed E-state index contributed by atoms with van der Waals surface area (Å²) in [6.45, 7) is 9.88. The number of rotatable bonds is 4. The summed E-state index contributed by atoms with van der Waals surface area (Å²) in [5, 5.41) is 5.50. The molecule has 0 N–H and O–H groups in total. The zero-order valence-corrected chi connectivity index (χ0v) is 20.0. The van der Waals surface area contributed by atoms with Crippen LogP contribution in [0.5, 0.6) is 0 Å². The Bertz CT molecular complexity index is 1060. The summed E-state index contributed by atoms with van der Waals surface area (Å²) >= 11 is 0. The molecule has 1 amide bonds. The number of fused-ring (bicyclic) bond motifs is 1. The third kappa shape index (κ3) is 5.39. The van der Waals surface area contributed by atoms with Crippen molar-refractivity contribution in [2.45, 2.75) is 46.3 Å². The van der Waals surface area contributed by atoms with E-state index in [9.17, 15) is 14.4 Å². The summed E-state index contributed by atoms with van der Waals surface area (Å²) in [7, 11) is 0. The van der Waals surface area contributed by atoms with Gasteiger partial charge < -0.3 is 23.9 Å². The molecule has 2 aliphatic heterocycles. The van der Waals surface area contributed by atoms with Crippen molar-refractivity contribution in [1.82, 2.24) is 15.1 Å². The number of hydrogen-bond acceptors (Lipinski definition) is 9. The lowest BCUT2D eigenvalue weighted by molar-refractivity contribution is -0.152. The van der Waals surface area contributed by atoms with Crippen LogP contribution in [0, 0.1) is 0 Å². The highest BCUT2D eigenvalue weighted by Crippen LogP contribution is 2.25.